The van der Waals surface area contributed by atoms with Gasteiger partial charge in [0.05, 0.1) is 5.39 Å². The Morgan fingerprint density at radius 3 is 3.27 bits per heavy atom. The van der Waals surface area contributed by atoms with E-state index in [-0.39, 0.29) is 5.56 Å². The van der Waals surface area contributed by atoms with Crippen LogP contribution in [-0.2, 0) is 0 Å². The second-order valence-corrected chi connectivity index (χ2v) is 2.87. The van der Waals surface area contributed by atoms with E-state index < -0.39 is 0 Å². The highest BCUT2D eigenvalue weighted by Crippen LogP contribution is 2.11. The van der Waals surface area contributed by atoms with E-state index in [9.17, 15) is 4.79 Å². The quantitative estimate of drug-likeness (QED) is 0.541. The normalized spacial score (nSPS) is 10.5. The summed E-state index contributed by atoms with van der Waals surface area (Å²) in [6.07, 6.45) is 0. The molecule has 0 atom stereocenters. The largest absolute Gasteiger partial charge is 0.318 e. The van der Waals surface area contributed by atoms with E-state index in [1.165, 1.54) is 11.3 Å². The van der Waals surface area contributed by atoms with Crippen molar-refractivity contribution < 1.29 is 0 Å². The molecule has 0 spiro atoms. The van der Waals surface area contributed by atoms with Gasteiger partial charge in [0.1, 0.15) is 0 Å². The van der Waals surface area contributed by atoms with Crippen LogP contribution in [-0.4, -0.2) is 15.1 Å². The monoisotopic (exact) mass is 168 g/mol. The predicted molar refractivity (Wildman–Crippen MR) is 41.8 cm³/mol. The summed E-state index contributed by atoms with van der Waals surface area (Å²) in [4.78, 5) is 12.5. The molecule has 2 rings (SSSR count). The Morgan fingerprint density at radius 1 is 1.64 bits per heavy atom. The molecule has 0 unspecified atom stereocenters. The van der Waals surface area contributed by atoms with Crippen LogP contribution in [0.25, 0.3) is 10.2 Å². The summed E-state index contributed by atoms with van der Waals surface area (Å²) in [5.74, 6) is 5.18. The van der Waals surface area contributed by atoms with E-state index in [1.54, 1.807) is 11.4 Å². The first kappa shape index (κ1) is 6.29. The molecule has 2 aromatic rings. The van der Waals surface area contributed by atoms with Gasteiger partial charge >= 0.3 is 0 Å². The van der Waals surface area contributed by atoms with Crippen LogP contribution in [0, 0.1) is 0 Å². The van der Waals surface area contributed by atoms with Crippen LogP contribution in [0.15, 0.2) is 16.2 Å². The minimum atomic E-state index is -0.309. The zero-order valence-electron chi connectivity index (χ0n) is 5.39. The fraction of sp³-hybridized carbons (Fsp3) is 0. The number of thiophene rings is 1. The molecule has 2 aromatic heterocycles. The third-order valence-electron chi connectivity index (χ3n) is 1.32. The van der Waals surface area contributed by atoms with Gasteiger partial charge in [-0.3, -0.25) is 4.79 Å². The molecule has 0 radical (unpaired) electrons. The molecule has 0 aliphatic heterocycles. The van der Waals surface area contributed by atoms with Gasteiger partial charge in [0.15, 0.2) is 4.83 Å². The van der Waals surface area contributed by atoms with E-state index in [2.05, 4.69) is 10.3 Å². The molecule has 0 fully saturated rings. The molecule has 2 N–H and O–H groups in total. The lowest BCUT2D eigenvalue weighted by Gasteiger charge is -1.91. The van der Waals surface area contributed by atoms with Gasteiger partial charge in [0.25, 0.3) is 5.56 Å². The highest BCUT2D eigenvalue weighted by atomic mass is 32.1. The maximum atomic E-state index is 11.1. The molecular weight excluding hydrogens is 164 g/mol. The van der Waals surface area contributed by atoms with Crippen molar-refractivity contribution in [2.45, 2.75) is 0 Å². The molecule has 0 aromatic carbocycles. The zero-order valence-corrected chi connectivity index (χ0v) is 6.21. The summed E-state index contributed by atoms with van der Waals surface area (Å²) in [6, 6.07) is 1.68. The van der Waals surface area contributed by atoms with Crippen LogP contribution in [0.4, 0.5) is 0 Å². The SMILES string of the molecule is Nn1nnc2sccc2c1=O. The summed E-state index contributed by atoms with van der Waals surface area (Å²) in [7, 11) is 0. The van der Waals surface area contributed by atoms with Crippen LogP contribution in [0.5, 0.6) is 0 Å². The lowest BCUT2D eigenvalue weighted by atomic mass is 10.4. The van der Waals surface area contributed by atoms with E-state index >= 15 is 0 Å². The molecule has 2 heterocycles. The highest BCUT2D eigenvalue weighted by molar-refractivity contribution is 7.16. The van der Waals surface area contributed by atoms with Gasteiger partial charge in [-0.2, -0.15) is 0 Å². The Kier molecular flexibility index (Phi) is 1.16. The minimum absolute atomic E-state index is 0.309. The van der Waals surface area contributed by atoms with Crippen molar-refractivity contribution >= 4 is 21.6 Å². The van der Waals surface area contributed by atoms with Crippen LogP contribution in [0.3, 0.4) is 0 Å². The van der Waals surface area contributed by atoms with Crippen LogP contribution < -0.4 is 11.4 Å². The van der Waals surface area contributed by atoms with Crippen LogP contribution in [0.1, 0.15) is 0 Å². The Balaban J connectivity index is 3.05. The number of nitrogens with zero attached hydrogens (tertiary/aromatic N) is 3. The molecule has 6 heteroatoms. The summed E-state index contributed by atoms with van der Waals surface area (Å²) in [5.41, 5.74) is -0.309. The third-order valence-corrected chi connectivity index (χ3v) is 2.11. The van der Waals surface area contributed by atoms with E-state index in [1.807, 2.05) is 0 Å². The first-order valence-corrected chi connectivity index (χ1v) is 3.75. The number of hydrogen-bond donors (Lipinski definition) is 1. The zero-order chi connectivity index (χ0) is 7.84. The van der Waals surface area contributed by atoms with Crippen molar-refractivity contribution in [3.63, 3.8) is 0 Å². The maximum Gasteiger partial charge on any atom is 0.297 e. The maximum absolute atomic E-state index is 11.1. The average Bonchev–Trinajstić information content (AvgIpc) is 2.45. The summed E-state index contributed by atoms with van der Waals surface area (Å²) in [6.45, 7) is 0. The van der Waals surface area contributed by atoms with Gasteiger partial charge in [0.2, 0.25) is 0 Å². The number of nitrogens with two attached hydrogens (primary N) is 1. The van der Waals surface area contributed by atoms with Crippen LogP contribution in [0.2, 0.25) is 0 Å². The van der Waals surface area contributed by atoms with Crippen molar-refractivity contribution in [2.24, 2.45) is 0 Å². The van der Waals surface area contributed by atoms with Gasteiger partial charge in [-0.15, -0.1) is 21.2 Å². The number of nitrogen functional groups attached to an aromatic ring is 1. The van der Waals surface area contributed by atoms with Crippen molar-refractivity contribution in [1.29, 1.82) is 0 Å². The van der Waals surface area contributed by atoms with E-state index in [0.29, 0.717) is 10.2 Å². The standard InChI is InChI=1S/C5H4N4OS/c6-9-5(10)3-1-2-11-4(3)7-8-9/h1-2H,6H2. The molecule has 0 aliphatic rings. The van der Waals surface area contributed by atoms with Gasteiger partial charge in [0, 0.05) is 0 Å². The number of hydrogen-bond acceptors (Lipinski definition) is 5. The van der Waals surface area contributed by atoms with Gasteiger partial charge in [-0.1, -0.05) is 0 Å². The topological polar surface area (TPSA) is 73.8 Å². The smallest absolute Gasteiger partial charge is 0.297 e. The molecule has 0 saturated carbocycles. The molecule has 56 valence electrons. The molecule has 0 saturated heterocycles. The molecule has 0 bridgehead atoms. The van der Waals surface area contributed by atoms with Crippen molar-refractivity contribution in [3.05, 3.63) is 21.8 Å². The first-order valence-electron chi connectivity index (χ1n) is 2.87. The Labute approximate surface area is 65.0 Å². The van der Waals surface area contributed by atoms with E-state index in [0.717, 1.165) is 4.79 Å². The van der Waals surface area contributed by atoms with Crippen molar-refractivity contribution in [3.8, 4) is 0 Å². The Morgan fingerprint density at radius 2 is 2.45 bits per heavy atom. The minimum Gasteiger partial charge on any atom is -0.318 e. The number of rotatable bonds is 0. The molecule has 5 nitrogen and oxygen atoms in total. The molecular formula is C5H4N4OS. The van der Waals surface area contributed by atoms with Gasteiger partial charge < -0.3 is 5.84 Å². The Bertz CT molecular complexity index is 445. The second kappa shape index (κ2) is 2.03. The van der Waals surface area contributed by atoms with Gasteiger partial charge in [-0.05, 0) is 16.7 Å². The predicted octanol–water partition coefficient (Wildman–Crippen LogP) is -0.433. The molecule has 0 aliphatic carbocycles. The summed E-state index contributed by atoms with van der Waals surface area (Å²) >= 11 is 1.37. The van der Waals surface area contributed by atoms with Crippen LogP contribution >= 0.6 is 11.3 Å². The highest BCUT2D eigenvalue weighted by Gasteiger charge is 2.02. The fourth-order valence-corrected chi connectivity index (χ4v) is 1.49. The average molecular weight is 168 g/mol. The number of aromatic nitrogens is 3. The Hall–Kier alpha value is -1.43. The van der Waals surface area contributed by atoms with E-state index in [4.69, 9.17) is 5.84 Å². The third kappa shape index (κ3) is 0.795. The summed E-state index contributed by atoms with van der Waals surface area (Å²) < 4.78 is 0. The van der Waals surface area contributed by atoms with Crippen molar-refractivity contribution in [1.82, 2.24) is 15.1 Å². The second-order valence-electron chi connectivity index (χ2n) is 1.98. The molecule has 0 amide bonds. The summed E-state index contributed by atoms with van der Waals surface area (Å²) in [5, 5.41) is 9.43. The number of fused-ring (bicyclic) bond motifs is 1. The van der Waals surface area contributed by atoms with Gasteiger partial charge in [-0.25, -0.2) is 0 Å². The molecule has 11 heavy (non-hydrogen) atoms. The lowest BCUT2D eigenvalue weighted by Crippen LogP contribution is -2.30. The fourth-order valence-electron chi connectivity index (χ4n) is 0.794. The lowest BCUT2D eigenvalue weighted by molar-refractivity contribution is 0.704. The first-order chi connectivity index (χ1) is 5.29. The van der Waals surface area contributed by atoms with Crippen molar-refractivity contribution in [2.75, 3.05) is 5.84 Å².